The van der Waals surface area contributed by atoms with Gasteiger partial charge < -0.3 is 10.2 Å². The van der Waals surface area contributed by atoms with E-state index in [9.17, 15) is 0 Å². The van der Waals surface area contributed by atoms with Gasteiger partial charge in [0.15, 0.2) is 5.96 Å². The van der Waals surface area contributed by atoms with E-state index in [0.29, 0.717) is 11.8 Å². The fraction of sp³-hybridized carbons (Fsp3) is 0.733. The Morgan fingerprint density at radius 2 is 2.05 bits per heavy atom. The maximum atomic E-state index is 4.55. The van der Waals surface area contributed by atoms with Crippen LogP contribution >= 0.6 is 0 Å². The van der Waals surface area contributed by atoms with Gasteiger partial charge in [-0.1, -0.05) is 27.7 Å². The number of aliphatic imine (C=N–C) groups is 1. The van der Waals surface area contributed by atoms with E-state index in [0.717, 1.165) is 19.0 Å². The molecule has 0 saturated heterocycles. The molecular formula is C15H29N5. The molecule has 1 aromatic rings. The van der Waals surface area contributed by atoms with Gasteiger partial charge in [0.05, 0.1) is 5.69 Å². The molecule has 0 saturated carbocycles. The first kappa shape index (κ1) is 16.5. The van der Waals surface area contributed by atoms with Crippen molar-refractivity contribution in [3.8, 4) is 0 Å². The van der Waals surface area contributed by atoms with Crippen LogP contribution in [-0.4, -0.2) is 41.3 Å². The molecule has 0 aliphatic carbocycles. The molecule has 0 amide bonds. The molecule has 0 aromatic carbocycles. The molecule has 0 spiro atoms. The number of aromatic nitrogens is 2. The molecule has 5 heteroatoms. The Labute approximate surface area is 123 Å². The first-order valence-electron chi connectivity index (χ1n) is 7.29. The van der Waals surface area contributed by atoms with Crippen molar-refractivity contribution in [2.24, 2.45) is 18.0 Å². The Morgan fingerprint density at radius 1 is 1.40 bits per heavy atom. The molecule has 114 valence electrons. The van der Waals surface area contributed by atoms with E-state index in [-0.39, 0.29) is 0 Å². The van der Waals surface area contributed by atoms with Crippen LogP contribution < -0.4 is 5.32 Å². The fourth-order valence-corrected chi connectivity index (χ4v) is 2.17. The first-order valence-corrected chi connectivity index (χ1v) is 7.29. The van der Waals surface area contributed by atoms with Crippen molar-refractivity contribution in [3.63, 3.8) is 0 Å². The first-order chi connectivity index (χ1) is 9.35. The number of hydrogen-bond donors (Lipinski definition) is 1. The van der Waals surface area contributed by atoms with Crippen molar-refractivity contribution >= 4 is 5.96 Å². The van der Waals surface area contributed by atoms with Gasteiger partial charge in [0.2, 0.25) is 0 Å². The highest BCUT2D eigenvalue weighted by Gasteiger charge is 2.15. The SMILES string of the molecule is CN=C(NCC(C)C)N(C)Cc1cn(C)nc1C(C)C. The van der Waals surface area contributed by atoms with E-state index in [1.165, 1.54) is 11.3 Å². The Bertz CT molecular complexity index is 445. The fourth-order valence-electron chi connectivity index (χ4n) is 2.17. The Hall–Kier alpha value is -1.52. The molecule has 0 atom stereocenters. The van der Waals surface area contributed by atoms with Gasteiger partial charge in [0, 0.05) is 46.0 Å². The predicted octanol–water partition coefficient (Wildman–Crippen LogP) is 2.21. The molecule has 1 N–H and O–H groups in total. The lowest BCUT2D eigenvalue weighted by Crippen LogP contribution is -2.40. The Balaban J connectivity index is 2.76. The normalized spacial score (nSPS) is 12.3. The predicted molar refractivity (Wildman–Crippen MR) is 85.0 cm³/mol. The summed E-state index contributed by atoms with van der Waals surface area (Å²) in [6.45, 7) is 10.5. The lowest BCUT2D eigenvalue weighted by molar-refractivity contribution is 0.465. The van der Waals surface area contributed by atoms with E-state index in [1.807, 2.05) is 18.8 Å². The van der Waals surface area contributed by atoms with Gasteiger partial charge in [0.1, 0.15) is 0 Å². The van der Waals surface area contributed by atoms with Gasteiger partial charge in [-0.3, -0.25) is 9.67 Å². The number of aryl methyl sites for hydroxylation is 1. The van der Waals surface area contributed by atoms with Crippen molar-refractivity contribution in [3.05, 3.63) is 17.5 Å². The zero-order valence-electron chi connectivity index (χ0n) is 13.9. The minimum atomic E-state index is 0.435. The number of guanidine groups is 1. The maximum absolute atomic E-state index is 4.55. The monoisotopic (exact) mass is 279 g/mol. The molecule has 1 heterocycles. The van der Waals surface area contributed by atoms with Crippen molar-refractivity contribution in [2.75, 3.05) is 20.6 Å². The van der Waals surface area contributed by atoms with Crippen molar-refractivity contribution in [1.82, 2.24) is 20.0 Å². The van der Waals surface area contributed by atoms with Gasteiger partial charge in [-0.05, 0) is 11.8 Å². The lowest BCUT2D eigenvalue weighted by Gasteiger charge is -2.23. The number of nitrogens with one attached hydrogen (secondary N) is 1. The molecule has 1 aromatic heterocycles. The van der Waals surface area contributed by atoms with E-state index < -0.39 is 0 Å². The van der Waals surface area contributed by atoms with Gasteiger partial charge in [-0.15, -0.1) is 0 Å². The average molecular weight is 279 g/mol. The third kappa shape index (κ3) is 4.54. The molecule has 0 aliphatic heterocycles. The van der Waals surface area contributed by atoms with Crippen molar-refractivity contribution in [1.29, 1.82) is 0 Å². The minimum absolute atomic E-state index is 0.435. The van der Waals surface area contributed by atoms with E-state index in [1.54, 1.807) is 0 Å². The third-order valence-corrected chi connectivity index (χ3v) is 3.13. The van der Waals surface area contributed by atoms with Crippen LogP contribution in [0.4, 0.5) is 0 Å². The second-order valence-corrected chi connectivity index (χ2v) is 6.05. The van der Waals surface area contributed by atoms with E-state index in [2.05, 4.69) is 61.2 Å². The van der Waals surface area contributed by atoms with Crippen LogP contribution in [-0.2, 0) is 13.6 Å². The van der Waals surface area contributed by atoms with Crippen LogP contribution in [0, 0.1) is 5.92 Å². The summed E-state index contributed by atoms with van der Waals surface area (Å²) in [5.41, 5.74) is 2.43. The van der Waals surface area contributed by atoms with E-state index in [4.69, 9.17) is 0 Å². The summed E-state index contributed by atoms with van der Waals surface area (Å²) in [5.74, 6) is 1.97. The summed E-state index contributed by atoms with van der Waals surface area (Å²) in [5, 5.41) is 7.95. The summed E-state index contributed by atoms with van der Waals surface area (Å²) in [6, 6.07) is 0. The molecule has 20 heavy (non-hydrogen) atoms. The average Bonchev–Trinajstić information content (AvgIpc) is 2.70. The number of hydrogen-bond acceptors (Lipinski definition) is 2. The van der Waals surface area contributed by atoms with Gasteiger partial charge in [0.25, 0.3) is 0 Å². The lowest BCUT2D eigenvalue weighted by atomic mass is 10.1. The van der Waals surface area contributed by atoms with Crippen LogP contribution in [0.15, 0.2) is 11.2 Å². The topological polar surface area (TPSA) is 45.5 Å². The largest absolute Gasteiger partial charge is 0.356 e. The van der Waals surface area contributed by atoms with Crippen LogP contribution in [0.3, 0.4) is 0 Å². The van der Waals surface area contributed by atoms with Crippen LogP contribution in [0.1, 0.15) is 44.9 Å². The summed E-state index contributed by atoms with van der Waals surface area (Å²) in [7, 11) is 5.86. The molecule has 0 fully saturated rings. The molecular weight excluding hydrogens is 250 g/mol. The third-order valence-electron chi connectivity index (χ3n) is 3.13. The molecule has 0 bridgehead atoms. The van der Waals surface area contributed by atoms with Crippen LogP contribution in [0.5, 0.6) is 0 Å². The highest BCUT2D eigenvalue weighted by Crippen LogP contribution is 2.18. The number of nitrogens with zero attached hydrogens (tertiary/aromatic N) is 4. The zero-order chi connectivity index (χ0) is 15.3. The Kier molecular flexibility index (Phi) is 6.05. The standard InChI is InChI=1S/C15H29N5/c1-11(2)8-17-15(16-5)19(6)9-13-10-20(7)18-14(13)12(3)4/h10-12H,8-9H2,1-7H3,(H,16,17). The molecule has 5 nitrogen and oxygen atoms in total. The molecule has 0 unspecified atom stereocenters. The highest BCUT2D eigenvalue weighted by atomic mass is 15.3. The zero-order valence-corrected chi connectivity index (χ0v) is 13.9. The van der Waals surface area contributed by atoms with Gasteiger partial charge in [-0.25, -0.2) is 0 Å². The van der Waals surface area contributed by atoms with Gasteiger partial charge >= 0.3 is 0 Å². The molecule has 0 aliphatic rings. The quantitative estimate of drug-likeness (QED) is 0.664. The second kappa shape index (κ2) is 7.31. The second-order valence-electron chi connectivity index (χ2n) is 6.05. The highest BCUT2D eigenvalue weighted by molar-refractivity contribution is 5.79. The number of rotatable bonds is 5. The summed E-state index contributed by atoms with van der Waals surface area (Å²) < 4.78 is 1.89. The molecule has 1 rings (SSSR count). The maximum Gasteiger partial charge on any atom is 0.193 e. The summed E-state index contributed by atoms with van der Waals surface area (Å²) in [6.07, 6.45) is 2.10. The summed E-state index contributed by atoms with van der Waals surface area (Å²) >= 11 is 0. The van der Waals surface area contributed by atoms with Crippen molar-refractivity contribution in [2.45, 2.75) is 40.2 Å². The van der Waals surface area contributed by atoms with Crippen LogP contribution in [0.25, 0.3) is 0 Å². The smallest absolute Gasteiger partial charge is 0.193 e. The van der Waals surface area contributed by atoms with Crippen LogP contribution in [0.2, 0.25) is 0 Å². The minimum Gasteiger partial charge on any atom is -0.356 e. The van der Waals surface area contributed by atoms with Gasteiger partial charge in [-0.2, -0.15) is 5.10 Å². The van der Waals surface area contributed by atoms with Crippen molar-refractivity contribution < 1.29 is 0 Å². The summed E-state index contributed by atoms with van der Waals surface area (Å²) in [4.78, 5) is 6.49. The molecule has 0 radical (unpaired) electrons. The van der Waals surface area contributed by atoms with E-state index >= 15 is 0 Å². The Morgan fingerprint density at radius 3 is 2.55 bits per heavy atom.